The lowest BCUT2D eigenvalue weighted by molar-refractivity contribution is -0.0527. The first-order valence-corrected chi connectivity index (χ1v) is 7.46. The van der Waals surface area contributed by atoms with Crippen LogP contribution in [0.5, 0.6) is 11.5 Å². The van der Waals surface area contributed by atoms with Crippen LogP contribution in [0.2, 0.25) is 0 Å². The fourth-order valence-electron chi connectivity index (χ4n) is 2.93. The molecule has 1 aliphatic rings. The molecule has 1 aromatic heterocycles. The van der Waals surface area contributed by atoms with Crippen LogP contribution in [0.15, 0.2) is 21.7 Å². The lowest BCUT2D eigenvalue weighted by Gasteiger charge is -2.20. The third-order valence-corrected chi connectivity index (χ3v) is 4.22. The molecule has 2 aromatic rings. The van der Waals surface area contributed by atoms with Crippen molar-refractivity contribution in [2.45, 2.75) is 24.5 Å². The van der Waals surface area contributed by atoms with E-state index in [9.17, 15) is 24.9 Å². The molecule has 0 bridgehead atoms. The molecule has 10 nitrogen and oxygen atoms in total. The molecule has 25 heavy (non-hydrogen) atoms. The molecule has 0 amide bonds. The second-order valence-electron chi connectivity index (χ2n) is 5.58. The summed E-state index contributed by atoms with van der Waals surface area (Å²) in [5.41, 5.74) is -1.36. The molecule has 0 saturated carbocycles. The lowest BCUT2D eigenvalue weighted by Crippen LogP contribution is -2.38. The van der Waals surface area contributed by atoms with Crippen molar-refractivity contribution in [3.63, 3.8) is 0 Å². The minimum absolute atomic E-state index is 0.106. The molecule has 1 aromatic carbocycles. The second-order valence-corrected chi connectivity index (χ2v) is 5.58. The smallest absolute Gasteiger partial charge is 0.331 e. The number of benzene rings is 1. The topological polar surface area (TPSA) is 143 Å². The summed E-state index contributed by atoms with van der Waals surface area (Å²) in [4.78, 5) is 26.6. The summed E-state index contributed by atoms with van der Waals surface area (Å²) in [5.74, 6) is 0.548. The summed E-state index contributed by atoms with van der Waals surface area (Å²) in [6, 6.07) is 2.80. The van der Waals surface area contributed by atoms with Gasteiger partial charge < -0.3 is 29.5 Å². The molecule has 4 atom stereocenters. The number of hydrogen-bond donors (Lipinski definition) is 4. The van der Waals surface area contributed by atoms with E-state index in [4.69, 9.17) is 14.2 Å². The van der Waals surface area contributed by atoms with E-state index >= 15 is 0 Å². The monoisotopic (exact) mass is 354 g/mol. The maximum Gasteiger partial charge on any atom is 0.331 e. The number of aliphatic hydroxyl groups is 3. The molecule has 136 valence electrons. The number of aromatic nitrogens is 2. The van der Waals surface area contributed by atoms with Crippen molar-refractivity contribution >= 4 is 10.9 Å². The molecule has 4 N–H and O–H groups in total. The van der Waals surface area contributed by atoms with Crippen molar-refractivity contribution in [2.24, 2.45) is 0 Å². The molecular formula is C15H18N2O8. The van der Waals surface area contributed by atoms with Gasteiger partial charge in [-0.05, 0) is 6.07 Å². The number of hydrogen-bond acceptors (Lipinski definition) is 8. The number of nitrogens with zero attached hydrogens (tertiary/aromatic N) is 1. The Bertz CT molecular complexity index is 905. The van der Waals surface area contributed by atoms with Crippen molar-refractivity contribution in [3.05, 3.63) is 33.0 Å². The van der Waals surface area contributed by atoms with Gasteiger partial charge in [-0.1, -0.05) is 0 Å². The van der Waals surface area contributed by atoms with Crippen LogP contribution >= 0.6 is 0 Å². The highest BCUT2D eigenvalue weighted by molar-refractivity contribution is 5.82. The summed E-state index contributed by atoms with van der Waals surface area (Å²) in [6.45, 7) is -0.540. The Balaban J connectivity index is 2.28. The van der Waals surface area contributed by atoms with Crippen LogP contribution < -0.4 is 20.7 Å². The molecule has 3 rings (SSSR count). The Labute approximate surface area is 140 Å². The number of H-pyrrole nitrogens is 1. The van der Waals surface area contributed by atoms with E-state index in [1.54, 1.807) is 0 Å². The summed E-state index contributed by atoms with van der Waals surface area (Å²) in [6.07, 6.45) is -5.22. The zero-order valence-corrected chi connectivity index (χ0v) is 13.5. The summed E-state index contributed by atoms with van der Waals surface area (Å²) >= 11 is 0. The average Bonchev–Trinajstić information content (AvgIpc) is 2.89. The van der Waals surface area contributed by atoms with Gasteiger partial charge in [-0.25, -0.2) is 4.79 Å². The van der Waals surface area contributed by atoms with E-state index in [2.05, 4.69) is 4.98 Å². The van der Waals surface area contributed by atoms with E-state index in [0.717, 1.165) is 4.57 Å². The first kappa shape index (κ1) is 17.4. The third-order valence-electron chi connectivity index (χ3n) is 4.22. The van der Waals surface area contributed by atoms with E-state index in [0.29, 0.717) is 0 Å². The Kier molecular flexibility index (Phi) is 4.52. The van der Waals surface area contributed by atoms with Crippen LogP contribution in [0.3, 0.4) is 0 Å². The average molecular weight is 354 g/mol. The molecule has 1 fully saturated rings. The van der Waals surface area contributed by atoms with Crippen LogP contribution in [0, 0.1) is 0 Å². The number of ether oxygens (including phenoxy) is 3. The zero-order valence-electron chi connectivity index (χ0n) is 13.5. The molecule has 2 heterocycles. The standard InChI is InChI=1S/C15H18N2O8/c1-23-8-3-6-7(4-9(8)24-2)17(15(22)16-13(6)21)14-12(20)11(19)10(5-18)25-14/h3-4,10-12,14,18-20H,5H2,1-2H3,(H,16,21,22)/t10-,11-,12+,14-/m1/s1. The number of aliphatic hydroxyl groups excluding tert-OH is 3. The van der Waals surface area contributed by atoms with Crippen LogP contribution in [0.25, 0.3) is 10.9 Å². The predicted octanol–water partition coefficient (Wildman–Crippen LogP) is -1.68. The third kappa shape index (κ3) is 2.68. The molecule has 0 radical (unpaired) electrons. The minimum atomic E-state index is -1.47. The minimum Gasteiger partial charge on any atom is -0.493 e. The molecule has 10 heteroatoms. The second kappa shape index (κ2) is 6.48. The molecule has 1 aliphatic heterocycles. The van der Waals surface area contributed by atoms with Crippen LogP contribution in [-0.4, -0.2) is 64.0 Å². The summed E-state index contributed by atoms with van der Waals surface area (Å²) in [7, 11) is 2.80. The largest absolute Gasteiger partial charge is 0.493 e. The van der Waals surface area contributed by atoms with E-state index in [-0.39, 0.29) is 22.4 Å². The molecule has 1 saturated heterocycles. The highest BCUT2D eigenvalue weighted by Crippen LogP contribution is 2.34. The fraction of sp³-hybridized carbons (Fsp3) is 0.467. The Morgan fingerprint density at radius 1 is 1.16 bits per heavy atom. The van der Waals surface area contributed by atoms with Crippen molar-refractivity contribution in [1.82, 2.24) is 9.55 Å². The number of rotatable bonds is 4. The lowest BCUT2D eigenvalue weighted by atomic mass is 10.1. The predicted molar refractivity (Wildman–Crippen MR) is 84.9 cm³/mol. The first-order valence-electron chi connectivity index (χ1n) is 7.46. The van der Waals surface area contributed by atoms with Gasteiger partial charge in [-0.15, -0.1) is 0 Å². The SMILES string of the molecule is COc1cc2c(=O)[nH]c(=O)n([C@@H]3O[C@H](CO)[C@@H](O)[C@@H]3O)c2cc1OC. The highest BCUT2D eigenvalue weighted by atomic mass is 16.6. The molecule has 0 unspecified atom stereocenters. The van der Waals surface area contributed by atoms with E-state index in [1.807, 2.05) is 0 Å². The fourth-order valence-corrected chi connectivity index (χ4v) is 2.93. The quantitative estimate of drug-likeness (QED) is 0.510. The number of fused-ring (bicyclic) bond motifs is 1. The van der Waals surface area contributed by atoms with Gasteiger partial charge >= 0.3 is 5.69 Å². The van der Waals surface area contributed by atoms with Crippen molar-refractivity contribution in [2.75, 3.05) is 20.8 Å². The van der Waals surface area contributed by atoms with Crippen LogP contribution in [-0.2, 0) is 4.74 Å². The van der Waals surface area contributed by atoms with Crippen molar-refractivity contribution in [1.29, 1.82) is 0 Å². The Hall–Kier alpha value is -2.40. The molecule has 0 aliphatic carbocycles. The normalized spacial score (nSPS) is 26.1. The van der Waals surface area contributed by atoms with Gasteiger partial charge in [0.1, 0.15) is 18.3 Å². The Morgan fingerprint density at radius 3 is 2.36 bits per heavy atom. The number of methoxy groups -OCH3 is 2. The van der Waals surface area contributed by atoms with Crippen LogP contribution in [0.1, 0.15) is 6.23 Å². The molecule has 0 spiro atoms. The maximum atomic E-state index is 12.3. The van der Waals surface area contributed by atoms with E-state index in [1.165, 1.54) is 26.4 Å². The maximum absolute atomic E-state index is 12.3. The van der Waals surface area contributed by atoms with Crippen molar-refractivity contribution in [3.8, 4) is 11.5 Å². The molecular weight excluding hydrogens is 336 g/mol. The van der Waals surface area contributed by atoms with E-state index < -0.39 is 42.4 Å². The van der Waals surface area contributed by atoms with Gasteiger partial charge in [0.25, 0.3) is 5.56 Å². The number of nitrogens with one attached hydrogen (secondary N) is 1. The number of aromatic amines is 1. The van der Waals surface area contributed by atoms with Gasteiger partial charge in [0.15, 0.2) is 17.7 Å². The zero-order chi connectivity index (χ0) is 18.3. The summed E-state index contributed by atoms with van der Waals surface area (Å²) in [5, 5.41) is 29.4. The first-order chi connectivity index (χ1) is 11.9. The van der Waals surface area contributed by atoms with Crippen LogP contribution in [0.4, 0.5) is 0 Å². The van der Waals surface area contributed by atoms with Gasteiger partial charge in [-0.2, -0.15) is 0 Å². The van der Waals surface area contributed by atoms with Gasteiger partial charge in [-0.3, -0.25) is 14.3 Å². The van der Waals surface area contributed by atoms with Gasteiger partial charge in [0, 0.05) is 6.07 Å². The van der Waals surface area contributed by atoms with Crippen molar-refractivity contribution < 1.29 is 29.5 Å². The highest BCUT2D eigenvalue weighted by Gasteiger charge is 2.44. The van der Waals surface area contributed by atoms with Gasteiger partial charge in [0.05, 0.1) is 31.7 Å². The Morgan fingerprint density at radius 2 is 1.80 bits per heavy atom. The summed E-state index contributed by atoms with van der Waals surface area (Å²) < 4.78 is 16.7. The van der Waals surface area contributed by atoms with Gasteiger partial charge in [0.2, 0.25) is 0 Å².